The Balaban J connectivity index is 1.17. The maximum Gasteiger partial charge on any atom is 0.299 e. The highest BCUT2D eigenvalue weighted by molar-refractivity contribution is 6.17. The van der Waals surface area contributed by atoms with Gasteiger partial charge in [-0.2, -0.15) is 0 Å². The van der Waals surface area contributed by atoms with Crippen LogP contribution in [0.1, 0.15) is 18.4 Å². The number of anilines is 3. The molecule has 0 bridgehead atoms. The van der Waals surface area contributed by atoms with Crippen molar-refractivity contribution in [1.82, 2.24) is 0 Å². The van der Waals surface area contributed by atoms with E-state index in [1.54, 1.807) is 0 Å². The summed E-state index contributed by atoms with van der Waals surface area (Å²) in [6, 6.07) is 42.7. The zero-order chi connectivity index (χ0) is 27.2. The summed E-state index contributed by atoms with van der Waals surface area (Å²) < 4.78 is 12.0. The van der Waals surface area contributed by atoms with E-state index in [0.29, 0.717) is 5.78 Å². The third-order valence-electron chi connectivity index (χ3n) is 8.00. The van der Waals surface area contributed by atoms with Crippen LogP contribution in [-0.2, 0) is 0 Å². The second-order valence-corrected chi connectivity index (χ2v) is 10.5. The number of rotatable bonds is 5. The summed E-state index contributed by atoms with van der Waals surface area (Å²) in [5.41, 5.74) is 10.0. The van der Waals surface area contributed by atoms with Crippen LogP contribution < -0.4 is 4.90 Å². The number of hydrogen-bond acceptors (Lipinski definition) is 3. The van der Waals surface area contributed by atoms with Crippen molar-refractivity contribution in [2.75, 3.05) is 4.90 Å². The Bertz CT molecular complexity index is 2070. The van der Waals surface area contributed by atoms with Gasteiger partial charge in [-0.05, 0) is 89.7 Å². The van der Waals surface area contributed by atoms with Crippen molar-refractivity contribution in [2.24, 2.45) is 0 Å². The van der Waals surface area contributed by atoms with E-state index in [1.165, 1.54) is 11.1 Å². The number of nitrogens with zero attached hydrogens (tertiary/aromatic N) is 1. The Kier molecular flexibility index (Phi) is 5.60. The van der Waals surface area contributed by atoms with Crippen LogP contribution in [0.5, 0.6) is 0 Å². The Morgan fingerprint density at radius 1 is 0.537 bits per heavy atom. The molecular weight excluding hydrogens is 502 g/mol. The molecule has 0 saturated carbocycles. The fourth-order valence-corrected chi connectivity index (χ4v) is 5.94. The average Bonchev–Trinajstić information content (AvgIpc) is 3.59. The predicted octanol–water partition coefficient (Wildman–Crippen LogP) is 11.2. The molecule has 2 aromatic heterocycles. The van der Waals surface area contributed by atoms with Gasteiger partial charge >= 0.3 is 0 Å². The number of furan rings is 2. The van der Waals surface area contributed by atoms with Crippen molar-refractivity contribution in [3.05, 3.63) is 145 Å². The Labute approximate surface area is 238 Å². The molecule has 0 spiro atoms. The van der Waals surface area contributed by atoms with Crippen LogP contribution >= 0.6 is 0 Å². The summed E-state index contributed by atoms with van der Waals surface area (Å²) in [5, 5.41) is 3.18. The molecular formula is C38H27NO2. The molecule has 1 aliphatic carbocycles. The molecule has 0 fully saturated rings. The number of fused-ring (bicyclic) bond motifs is 5. The fraction of sp³-hybridized carbons (Fsp3) is 0.0526. The van der Waals surface area contributed by atoms with Crippen LogP contribution in [0.15, 0.2) is 148 Å². The lowest BCUT2D eigenvalue weighted by Gasteiger charge is -2.26. The van der Waals surface area contributed by atoms with E-state index in [2.05, 4.69) is 120 Å². The first-order valence-corrected chi connectivity index (χ1v) is 14.1. The summed E-state index contributed by atoms with van der Waals surface area (Å²) in [6.45, 7) is 0. The summed E-state index contributed by atoms with van der Waals surface area (Å²) in [4.78, 5) is 2.31. The van der Waals surface area contributed by atoms with Crippen LogP contribution in [0.25, 0.3) is 49.8 Å². The van der Waals surface area contributed by atoms with Gasteiger partial charge in [-0.15, -0.1) is 0 Å². The monoisotopic (exact) mass is 529 g/mol. The molecule has 0 saturated heterocycles. The molecule has 0 atom stereocenters. The van der Waals surface area contributed by atoms with Crippen molar-refractivity contribution < 1.29 is 8.83 Å². The van der Waals surface area contributed by atoms with Gasteiger partial charge in [-0.1, -0.05) is 85.0 Å². The zero-order valence-corrected chi connectivity index (χ0v) is 22.5. The molecule has 3 nitrogen and oxygen atoms in total. The van der Waals surface area contributed by atoms with Crippen LogP contribution in [0.4, 0.5) is 17.1 Å². The van der Waals surface area contributed by atoms with E-state index in [0.717, 1.165) is 68.4 Å². The molecule has 0 amide bonds. The van der Waals surface area contributed by atoms with Crippen LogP contribution in [0.3, 0.4) is 0 Å². The molecule has 8 rings (SSSR count). The highest BCUT2D eigenvalue weighted by atomic mass is 16.5. The predicted molar refractivity (Wildman–Crippen MR) is 170 cm³/mol. The van der Waals surface area contributed by atoms with E-state index >= 15 is 0 Å². The van der Waals surface area contributed by atoms with E-state index < -0.39 is 0 Å². The molecule has 1 aliphatic rings. The average molecular weight is 530 g/mol. The summed E-state index contributed by atoms with van der Waals surface area (Å²) in [5.74, 6) is 0.578. The molecule has 0 radical (unpaired) electrons. The van der Waals surface area contributed by atoms with Gasteiger partial charge in [-0.3, -0.25) is 0 Å². The fourth-order valence-electron chi connectivity index (χ4n) is 5.94. The standard InChI is InChI=1S/C38H27NO2/c1-3-9-26(10-4-1)27-15-20-31(21-16-27)39(30-11-5-2-6-12-30)32-22-17-28(18-23-32)29-19-24-36-34(25-29)37-33-13-7-8-14-35(33)40-38(37)41-36/h1-3,5-9,11-25H,4,10H2. The SMILES string of the molecule is C1=CCCC(c2ccc(N(c3ccccc3)c3ccc(-c4ccc5oc6oc7ccccc7c6c5c4)cc3)cc2)=C1. The summed E-state index contributed by atoms with van der Waals surface area (Å²) in [7, 11) is 0. The van der Waals surface area contributed by atoms with Gasteiger partial charge in [0.05, 0.1) is 5.39 Å². The molecule has 5 aromatic carbocycles. The van der Waals surface area contributed by atoms with E-state index in [4.69, 9.17) is 8.83 Å². The Hall–Kier alpha value is -5.28. The van der Waals surface area contributed by atoms with Gasteiger partial charge in [-0.25, -0.2) is 0 Å². The molecule has 0 aliphatic heterocycles. The normalized spacial score (nSPS) is 13.2. The van der Waals surface area contributed by atoms with Crippen molar-refractivity contribution in [1.29, 1.82) is 0 Å². The molecule has 7 aromatic rings. The van der Waals surface area contributed by atoms with Gasteiger partial charge < -0.3 is 13.7 Å². The topological polar surface area (TPSA) is 29.5 Å². The molecule has 0 unspecified atom stereocenters. The number of benzene rings is 5. The quantitative estimate of drug-likeness (QED) is 0.222. The highest BCUT2D eigenvalue weighted by Crippen LogP contribution is 2.40. The van der Waals surface area contributed by atoms with Crippen molar-refractivity contribution >= 4 is 55.7 Å². The zero-order valence-electron chi connectivity index (χ0n) is 22.5. The molecule has 3 heteroatoms. The van der Waals surface area contributed by atoms with Crippen LogP contribution in [0.2, 0.25) is 0 Å². The molecule has 196 valence electrons. The highest BCUT2D eigenvalue weighted by Gasteiger charge is 2.17. The maximum atomic E-state index is 6.04. The Morgan fingerprint density at radius 3 is 1.90 bits per heavy atom. The minimum atomic E-state index is 0.578. The largest absolute Gasteiger partial charge is 0.425 e. The first-order valence-electron chi connectivity index (χ1n) is 14.1. The minimum Gasteiger partial charge on any atom is -0.425 e. The number of hydrogen-bond donors (Lipinski definition) is 0. The van der Waals surface area contributed by atoms with E-state index in [1.807, 2.05) is 24.3 Å². The van der Waals surface area contributed by atoms with Crippen LogP contribution in [0, 0.1) is 0 Å². The minimum absolute atomic E-state index is 0.578. The van der Waals surface area contributed by atoms with Gasteiger partial charge in [0.25, 0.3) is 5.78 Å². The van der Waals surface area contributed by atoms with E-state index in [-0.39, 0.29) is 0 Å². The van der Waals surface area contributed by atoms with Crippen LogP contribution in [-0.4, -0.2) is 0 Å². The van der Waals surface area contributed by atoms with E-state index in [9.17, 15) is 0 Å². The van der Waals surface area contributed by atoms with Gasteiger partial charge in [0, 0.05) is 27.8 Å². The van der Waals surface area contributed by atoms with Gasteiger partial charge in [0.15, 0.2) is 0 Å². The molecule has 2 heterocycles. The van der Waals surface area contributed by atoms with Gasteiger partial charge in [0.1, 0.15) is 11.2 Å². The second-order valence-electron chi connectivity index (χ2n) is 10.5. The van der Waals surface area contributed by atoms with Crippen molar-refractivity contribution in [2.45, 2.75) is 12.8 Å². The second kappa shape index (κ2) is 9.72. The lowest BCUT2D eigenvalue weighted by Crippen LogP contribution is -2.09. The first kappa shape index (κ1) is 23.6. The molecule has 41 heavy (non-hydrogen) atoms. The number of allylic oxidation sites excluding steroid dienone is 4. The third-order valence-corrected chi connectivity index (χ3v) is 8.00. The third kappa shape index (κ3) is 4.14. The lowest BCUT2D eigenvalue weighted by molar-refractivity contribution is 0.524. The lowest BCUT2D eigenvalue weighted by atomic mass is 9.97. The summed E-state index contributed by atoms with van der Waals surface area (Å²) >= 11 is 0. The smallest absolute Gasteiger partial charge is 0.299 e. The summed E-state index contributed by atoms with van der Waals surface area (Å²) in [6.07, 6.45) is 8.81. The van der Waals surface area contributed by atoms with Gasteiger partial charge in [0.2, 0.25) is 0 Å². The number of para-hydroxylation sites is 2. The van der Waals surface area contributed by atoms with Crippen molar-refractivity contribution in [3.63, 3.8) is 0 Å². The maximum absolute atomic E-state index is 6.04. The van der Waals surface area contributed by atoms with Crippen molar-refractivity contribution in [3.8, 4) is 11.1 Å². The first-order chi connectivity index (χ1) is 20.3. The molecule has 0 N–H and O–H groups in total. The Morgan fingerprint density at radius 2 is 1.17 bits per heavy atom.